The Morgan fingerprint density at radius 3 is 2.82 bits per heavy atom. The summed E-state index contributed by atoms with van der Waals surface area (Å²) in [6, 6.07) is 0.919. The molecule has 2 heterocycles. The van der Waals surface area contributed by atoms with E-state index in [4.69, 9.17) is 0 Å². The molecule has 1 aromatic rings. The summed E-state index contributed by atoms with van der Waals surface area (Å²) in [6.07, 6.45) is 1.43. The van der Waals surface area contributed by atoms with Gasteiger partial charge in [0.05, 0.1) is 0 Å². The maximum atomic E-state index is 10.9. The molecule has 0 aliphatic carbocycles. The number of carbonyl (C=O) groups excluding carboxylic acids is 1. The van der Waals surface area contributed by atoms with E-state index >= 15 is 0 Å². The fourth-order valence-electron chi connectivity index (χ4n) is 0.882. The molecule has 0 bridgehead atoms. The summed E-state index contributed by atoms with van der Waals surface area (Å²) in [4.78, 5) is 30.7. The van der Waals surface area contributed by atoms with Gasteiger partial charge in [-0.05, 0) is 6.07 Å². The third-order valence-electron chi connectivity index (χ3n) is 1.34. The number of amides is 2. The van der Waals surface area contributed by atoms with E-state index in [1.807, 2.05) is 0 Å². The van der Waals surface area contributed by atoms with E-state index in [1.165, 1.54) is 12.3 Å². The van der Waals surface area contributed by atoms with Gasteiger partial charge in [-0.3, -0.25) is 4.79 Å². The van der Waals surface area contributed by atoms with Crippen molar-refractivity contribution in [3.8, 4) is 0 Å². The van der Waals surface area contributed by atoms with E-state index < -0.39 is 6.03 Å². The monoisotopic (exact) mass is 149 g/mol. The van der Waals surface area contributed by atoms with E-state index in [2.05, 4.69) is 15.0 Å². The SMILES string of the molecule is O=C1N=c2cc[nH]c(=O)c2=N1. The number of aromatic nitrogens is 1. The minimum absolute atomic E-state index is 0.109. The Labute approximate surface area is 60.1 Å². The van der Waals surface area contributed by atoms with Crippen molar-refractivity contribution in [2.75, 3.05) is 0 Å². The number of fused-ring (bicyclic) bond motifs is 1. The van der Waals surface area contributed by atoms with E-state index in [0.717, 1.165) is 0 Å². The number of rotatable bonds is 0. The van der Waals surface area contributed by atoms with Crippen LogP contribution in [0.3, 0.4) is 0 Å². The molecule has 0 unspecified atom stereocenters. The van der Waals surface area contributed by atoms with Crippen LogP contribution in [0.15, 0.2) is 27.0 Å². The van der Waals surface area contributed by atoms with Gasteiger partial charge in [-0.15, -0.1) is 0 Å². The zero-order valence-electron chi connectivity index (χ0n) is 5.37. The lowest BCUT2D eigenvalue weighted by atomic mass is 10.4. The largest absolute Gasteiger partial charge is 0.368 e. The highest BCUT2D eigenvalue weighted by Crippen LogP contribution is 1.79. The molecule has 0 atom stereocenters. The summed E-state index contributed by atoms with van der Waals surface area (Å²) in [5.41, 5.74) is -0.378. The molecule has 1 aliphatic heterocycles. The average molecular weight is 149 g/mol. The lowest BCUT2D eigenvalue weighted by Crippen LogP contribution is -2.38. The summed E-state index contributed by atoms with van der Waals surface area (Å²) >= 11 is 0. The first-order chi connectivity index (χ1) is 5.27. The number of nitrogens with zero attached hydrogens (tertiary/aromatic N) is 2. The number of hydrogen-bond donors (Lipinski definition) is 1. The number of nitrogens with one attached hydrogen (secondary N) is 1. The maximum absolute atomic E-state index is 10.9. The number of carbonyl (C=O) groups is 1. The fraction of sp³-hybridized carbons (Fsp3) is 0. The first kappa shape index (κ1) is 5.96. The molecule has 5 nitrogen and oxygen atoms in total. The van der Waals surface area contributed by atoms with Crippen LogP contribution in [0, 0.1) is 0 Å². The van der Waals surface area contributed by atoms with Gasteiger partial charge >= 0.3 is 6.03 Å². The molecular formula is C6H3N3O2. The number of hydrogen-bond acceptors (Lipinski definition) is 2. The quantitative estimate of drug-likeness (QED) is 0.500. The number of urea groups is 1. The minimum Gasteiger partial charge on any atom is -0.327 e. The molecule has 5 heteroatoms. The first-order valence-corrected chi connectivity index (χ1v) is 2.96. The topological polar surface area (TPSA) is 74.7 Å². The molecule has 2 amide bonds. The molecule has 2 rings (SSSR count). The van der Waals surface area contributed by atoms with Gasteiger partial charge in [0.2, 0.25) is 0 Å². The molecule has 1 N–H and O–H groups in total. The van der Waals surface area contributed by atoms with Crippen molar-refractivity contribution in [1.29, 1.82) is 0 Å². The third-order valence-corrected chi connectivity index (χ3v) is 1.34. The second kappa shape index (κ2) is 1.85. The van der Waals surface area contributed by atoms with E-state index in [0.29, 0.717) is 5.36 Å². The van der Waals surface area contributed by atoms with E-state index in [1.54, 1.807) is 0 Å². The van der Waals surface area contributed by atoms with Crippen LogP contribution < -0.4 is 16.3 Å². The smallest absolute Gasteiger partial charge is 0.327 e. The predicted octanol–water partition coefficient (Wildman–Crippen LogP) is -1.25. The van der Waals surface area contributed by atoms with Crippen LogP contribution in [0.5, 0.6) is 0 Å². The van der Waals surface area contributed by atoms with Gasteiger partial charge in [-0.2, -0.15) is 9.98 Å². The van der Waals surface area contributed by atoms with Crippen LogP contribution in [-0.4, -0.2) is 11.0 Å². The first-order valence-electron chi connectivity index (χ1n) is 2.96. The zero-order chi connectivity index (χ0) is 7.84. The number of H-pyrrole nitrogens is 1. The highest BCUT2D eigenvalue weighted by molar-refractivity contribution is 5.77. The molecule has 0 saturated heterocycles. The molecule has 11 heavy (non-hydrogen) atoms. The summed E-state index contributed by atoms with van der Waals surface area (Å²) < 4.78 is 0. The Morgan fingerprint density at radius 1 is 1.27 bits per heavy atom. The lowest BCUT2D eigenvalue weighted by Gasteiger charge is -1.77. The van der Waals surface area contributed by atoms with Gasteiger partial charge in [0.25, 0.3) is 5.56 Å². The van der Waals surface area contributed by atoms with Crippen molar-refractivity contribution in [2.24, 2.45) is 9.98 Å². The standard InChI is InChI=1S/C6H3N3O2/c10-5-4-3(1-2-7-5)8-6(11)9-4/h1-2H,(H,7,10). The summed E-state index contributed by atoms with van der Waals surface area (Å²) in [7, 11) is 0. The molecule has 1 aromatic heterocycles. The molecule has 54 valence electrons. The van der Waals surface area contributed by atoms with Crippen molar-refractivity contribution < 1.29 is 4.79 Å². The van der Waals surface area contributed by atoms with Crippen LogP contribution in [0.25, 0.3) is 0 Å². The second-order valence-corrected chi connectivity index (χ2v) is 2.05. The van der Waals surface area contributed by atoms with Gasteiger partial charge in [-0.1, -0.05) is 0 Å². The van der Waals surface area contributed by atoms with E-state index in [9.17, 15) is 9.59 Å². The summed E-state index contributed by atoms with van der Waals surface area (Å²) in [5.74, 6) is 0. The van der Waals surface area contributed by atoms with Crippen molar-refractivity contribution in [1.82, 2.24) is 4.98 Å². The van der Waals surface area contributed by atoms with Crippen molar-refractivity contribution in [3.63, 3.8) is 0 Å². The normalized spacial score (nSPS) is 13.6. The van der Waals surface area contributed by atoms with Gasteiger partial charge in [0.15, 0.2) is 5.36 Å². The lowest BCUT2D eigenvalue weighted by molar-refractivity contribution is 0.256. The van der Waals surface area contributed by atoms with Gasteiger partial charge in [-0.25, -0.2) is 4.79 Å². The third kappa shape index (κ3) is 0.778. The van der Waals surface area contributed by atoms with Crippen LogP contribution >= 0.6 is 0 Å². The highest BCUT2D eigenvalue weighted by atomic mass is 16.2. The molecule has 0 saturated carbocycles. The zero-order valence-corrected chi connectivity index (χ0v) is 5.37. The van der Waals surface area contributed by atoms with Crippen LogP contribution in [0.1, 0.15) is 0 Å². The van der Waals surface area contributed by atoms with Crippen molar-refractivity contribution >= 4 is 6.03 Å². The molecule has 1 aliphatic rings. The molecule has 0 spiro atoms. The van der Waals surface area contributed by atoms with Gasteiger partial charge in [0.1, 0.15) is 5.36 Å². The van der Waals surface area contributed by atoms with Crippen LogP contribution in [0.2, 0.25) is 0 Å². The van der Waals surface area contributed by atoms with Crippen molar-refractivity contribution in [2.45, 2.75) is 0 Å². The van der Waals surface area contributed by atoms with Gasteiger partial charge < -0.3 is 4.98 Å². The summed E-state index contributed by atoms with van der Waals surface area (Å²) in [5, 5.41) is 0.455. The average Bonchev–Trinajstić information content (AvgIpc) is 2.31. The minimum atomic E-state index is -0.614. The maximum Gasteiger partial charge on any atom is 0.368 e. The Kier molecular flexibility index (Phi) is 1.00. The van der Waals surface area contributed by atoms with Crippen LogP contribution in [0.4, 0.5) is 4.79 Å². The fourth-order valence-corrected chi connectivity index (χ4v) is 0.882. The second-order valence-electron chi connectivity index (χ2n) is 2.05. The highest BCUT2D eigenvalue weighted by Gasteiger charge is 2.05. The number of pyridine rings is 1. The van der Waals surface area contributed by atoms with E-state index in [-0.39, 0.29) is 10.9 Å². The molecule has 0 radical (unpaired) electrons. The Morgan fingerprint density at radius 2 is 2.09 bits per heavy atom. The molecule has 0 aromatic carbocycles. The number of aromatic amines is 1. The Hall–Kier alpha value is -1.78. The van der Waals surface area contributed by atoms with Crippen molar-refractivity contribution in [3.05, 3.63) is 33.3 Å². The predicted molar refractivity (Wildman–Crippen MR) is 34.8 cm³/mol. The van der Waals surface area contributed by atoms with Gasteiger partial charge in [0, 0.05) is 6.20 Å². The van der Waals surface area contributed by atoms with Crippen LogP contribution in [-0.2, 0) is 0 Å². The summed E-state index contributed by atoms with van der Waals surface area (Å²) in [6.45, 7) is 0. The molecule has 0 fully saturated rings. The Bertz CT molecular complexity index is 485. The molecular weight excluding hydrogens is 146 g/mol. The Balaban J connectivity index is 3.10.